The summed E-state index contributed by atoms with van der Waals surface area (Å²) >= 11 is 0. The minimum Gasteiger partial charge on any atom is -0.476 e. The Hall–Kier alpha value is -2.19. The van der Waals surface area contributed by atoms with Crippen LogP contribution in [0.1, 0.15) is 16.1 Å². The fraction of sp³-hybridized carbons (Fsp3) is 0.143. The molecule has 0 aliphatic carbocycles. The van der Waals surface area contributed by atoms with E-state index in [1.54, 1.807) is 0 Å². The number of carbonyl (C=O) groups is 1. The van der Waals surface area contributed by atoms with Crippen LogP contribution in [-0.2, 0) is 6.18 Å². The second-order valence-electron chi connectivity index (χ2n) is 2.65. The highest BCUT2D eigenvalue weighted by Gasteiger charge is 2.34. The summed E-state index contributed by atoms with van der Waals surface area (Å²) in [6.07, 6.45) is -4.58. The zero-order valence-corrected chi connectivity index (χ0v) is 7.35. The van der Waals surface area contributed by atoms with E-state index in [9.17, 15) is 28.1 Å². The van der Waals surface area contributed by atoms with Gasteiger partial charge in [0, 0.05) is 12.3 Å². The molecule has 0 aromatic carbocycles. The van der Waals surface area contributed by atoms with Crippen LogP contribution in [0, 0.1) is 10.1 Å². The van der Waals surface area contributed by atoms with Gasteiger partial charge in [-0.05, 0) is 0 Å². The van der Waals surface area contributed by atoms with Crippen molar-refractivity contribution in [2.24, 2.45) is 0 Å². The zero-order valence-electron chi connectivity index (χ0n) is 7.35. The van der Waals surface area contributed by atoms with Crippen LogP contribution in [0.15, 0.2) is 12.3 Å². The summed E-state index contributed by atoms with van der Waals surface area (Å²) in [6.45, 7) is 0. The number of nitrogens with zero attached hydrogens (tertiary/aromatic N) is 2. The highest BCUT2D eigenvalue weighted by Crippen LogP contribution is 2.31. The van der Waals surface area contributed by atoms with Gasteiger partial charge in [0.15, 0.2) is 0 Å². The molecule has 0 spiro atoms. The fourth-order valence-corrected chi connectivity index (χ4v) is 0.912. The van der Waals surface area contributed by atoms with E-state index in [4.69, 9.17) is 5.11 Å². The fourth-order valence-electron chi connectivity index (χ4n) is 0.912. The molecule has 0 aliphatic rings. The van der Waals surface area contributed by atoms with Crippen molar-refractivity contribution in [3.63, 3.8) is 0 Å². The Morgan fingerprint density at radius 2 is 2.06 bits per heavy atom. The normalized spacial score (nSPS) is 11.2. The molecule has 0 saturated heterocycles. The number of carboxylic acids is 1. The Bertz CT molecular complexity index is 457. The smallest absolute Gasteiger partial charge is 0.418 e. The van der Waals surface area contributed by atoms with E-state index in [1.165, 1.54) is 0 Å². The molecule has 0 fully saturated rings. The molecule has 0 bridgehead atoms. The lowest BCUT2D eigenvalue weighted by Gasteiger charge is -2.05. The van der Waals surface area contributed by atoms with Gasteiger partial charge in [-0.2, -0.15) is 13.2 Å². The maximum absolute atomic E-state index is 12.2. The first-order valence-corrected chi connectivity index (χ1v) is 3.68. The molecular weight excluding hydrogens is 233 g/mol. The molecule has 0 unspecified atom stereocenters. The first-order valence-electron chi connectivity index (χ1n) is 3.68. The van der Waals surface area contributed by atoms with E-state index in [2.05, 4.69) is 4.98 Å². The first-order chi connectivity index (χ1) is 7.23. The molecular formula is C7H3F3N2O4. The van der Waals surface area contributed by atoms with Gasteiger partial charge in [0.05, 0.1) is 10.5 Å². The van der Waals surface area contributed by atoms with Crippen LogP contribution in [0.25, 0.3) is 0 Å². The van der Waals surface area contributed by atoms with Crippen molar-refractivity contribution < 1.29 is 28.0 Å². The summed E-state index contributed by atoms with van der Waals surface area (Å²) in [6, 6.07) is 0.135. The standard InChI is InChI=1S/C7H3F3N2O4/c8-7(9,10)3-1-4(12(15)16)5(6(13)14)11-2-3/h1-2H,(H,13,14). The summed E-state index contributed by atoms with van der Waals surface area (Å²) in [5.41, 5.74) is -3.59. The minimum atomic E-state index is -4.81. The third-order valence-electron chi connectivity index (χ3n) is 1.59. The Morgan fingerprint density at radius 3 is 2.44 bits per heavy atom. The van der Waals surface area contributed by atoms with Crippen molar-refractivity contribution in [2.45, 2.75) is 6.18 Å². The summed E-state index contributed by atoms with van der Waals surface area (Å²) in [5.74, 6) is -1.76. The van der Waals surface area contributed by atoms with Crippen molar-refractivity contribution >= 4 is 11.7 Å². The van der Waals surface area contributed by atoms with E-state index < -0.39 is 34.0 Å². The van der Waals surface area contributed by atoms with Gasteiger partial charge in [-0.1, -0.05) is 0 Å². The largest absolute Gasteiger partial charge is 0.476 e. The lowest BCUT2D eigenvalue weighted by atomic mass is 10.2. The lowest BCUT2D eigenvalue weighted by Crippen LogP contribution is -2.11. The SMILES string of the molecule is O=C(O)c1ncc(C(F)(F)F)cc1[N+](=O)[O-]. The molecule has 1 N–H and O–H groups in total. The molecule has 1 rings (SSSR count). The van der Waals surface area contributed by atoms with Crippen molar-refractivity contribution in [3.8, 4) is 0 Å². The summed E-state index contributed by atoms with van der Waals surface area (Å²) in [5, 5.41) is 18.8. The summed E-state index contributed by atoms with van der Waals surface area (Å²) in [4.78, 5) is 22.5. The van der Waals surface area contributed by atoms with Crippen molar-refractivity contribution in [1.82, 2.24) is 4.98 Å². The number of hydrogen-bond acceptors (Lipinski definition) is 4. The number of aromatic carboxylic acids is 1. The lowest BCUT2D eigenvalue weighted by molar-refractivity contribution is -0.385. The molecule has 1 heterocycles. The number of alkyl halides is 3. The van der Waals surface area contributed by atoms with Gasteiger partial charge < -0.3 is 5.11 Å². The Morgan fingerprint density at radius 1 is 1.50 bits per heavy atom. The van der Waals surface area contributed by atoms with Crippen LogP contribution in [0.2, 0.25) is 0 Å². The molecule has 0 radical (unpaired) electrons. The van der Waals surface area contributed by atoms with E-state index in [0.29, 0.717) is 0 Å². The summed E-state index contributed by atoms with van der Waals surface area (Å²) in [7, 11) is 0. The van der Waals surface area contributed by atoms with Gasteiger partial charge in [0.1, 0.15) is 0 Å². The Labute approximate surface area is 85.5 Å². The topological polar surface area (TPSA) is 93.3 Å². The maximum atomic E-state index is 12.2. The summed E-state index contributed by atoms with van der Waals surface area (Å²) < 4.78 is 36.5. The second kappa shape index (κ2) is 3.76. The predicted molar refractivity (Wildman–Crippen MR) is 42.9 cm³/mol. The average molecular weight is 236 g/mol. The third-order valence-corrected chi connectivity index (χ3v) is 1.59. The van der Waals surface area contributed by atoms with E-state index >= 15 is 0 Å². The number of halogens is 3. The Kier molecular flexibility index (Phi) is 2.79. The predicted octanol–water partition coefficient (Wildman–Crippen LogP) is 1.71. The molecule has 1 aromatic heterocycles. The van der Waals surface area contributed by atoms with E-state index in [1.807, 2.05) is 0 Å². The number of rotatable bonds is 2. The van der Waals surface area contributed by atoms with Crippen LogP contribution in [0.4, 0.5) is 18.9 Å². The van der Waals surface area contributed by atoms with Crippen LogP contribution in [0.3, 0.4) is 0 Å². The zero-order chi connectivity index (χ0) is 12.5. The molecule has 0 atom stereocenters. The monoisotopic (exact) mass is 236 g/mol. The number of pyridine rings is 1. The molecule has 86 valence electrons. The molecule has 1 aromatic rings. The van der Waals surface area contributed by atoms with Crippen LogP contribution in [-0.4, -0.2) is 21.0 Å². The number of nitro groups is 1. The quantitative estimate of drug-likeness (QED) is 0.623. The number of carboxylic acid groups (broad SMARTS) is 1. The highest BCUT2D eigenvalue weighted by molar-refractivity contribution is 5.90. The second-order valence-corrected chi connectivity index (χ2v) is 2.65. The molecule has 16 heavy (non-hydrogen) atoms. The van der Waals surface area contributed by atoms with Crippen molar-refractivity contribution in [3.05, 3.63) is 33.6 Å². The van der Waals surface area contributed by atoms with Gasteiger partial charge in [0.2, 0.25) is 5.69 Å². The first kappa shape index (κ1) is 11.9. The average Bonchev–Trinajstić information content (AvgIpc) is 2.15. The third kappa shape index (κ3) is 2.24. The van der Waals surface area contributed by atoms with Gasteiger partial charge in [-0.3, -0.25) is 10.1 Å². The minimum absolute atomic E-state index is 0.135. The van der Waals surface area contributed by atoms with E-state index in [0.717, 1.165) is 0 Å². The van der Waals surface area contributed by atoms with Crippen LogP contribution in [0.5, 0.6) is 0 Å². The van der Waals surface area contributed by atoms with Gasteiger partial charge >= 0.3 is 17.8 Å². The highest BCUT2D eigenvalue weighted by atomic mass is 19.4. The molecule has 0 saturated carbocycles. The molecule has 6 nitrogen and oxygen atoms in total. The van der Waals surface area contributed by atoms with Crippen LogP contribution >= 0.6 is 0 Å². The maximum Gasteiger partial charge on any atom is 0.418 e. The number of aromatic nitrogens is 1. The van der Waals surface area contributed by atoms with Gasteiger partial charge in [-0.25, -0.2) is 9.78 Å². The van der Waals surface area contributed by atoms with Crippen molar-refractivity contribution in [1.29, 1.82) is 0 Å². The van der Waals surface area contributed by atoms with Crippen LogP contribution < -0.4 is 0 Å². The molecule has 0 aliphatic heterocycles. The van der Waals surface area contributed by atoms with E-state index in [-0.39, 0.29) is 12.3 Å². The Balaban J connectivity index is 3.40. The molecule has 0 amide bonds. The number of hydrogen-bond donors (Lipinski definition) is 1. The van der Waals surface area contributed by atoms with Gasteiger partial charge in [-0.15, -0.1) is 0 Å². The molecule has 9 heteroatoms. The van der Waals surface area contributed by atoms with Gasteiger partial charge in [0.25, 0.3) is 0 Å². The van der Waals surface area contributed by atoms with Crippen molar-refractivity contribution in [2.75, 3.05) is 0 Å².